The summed E-state index contributed by atoms with van der Waals surface area (Å²) in [6.45, 7) is 0. The summed E-state index contributed by atoms with van der Waals surface area (Å²) in [5.41, 5.74) is 4.28. The minimum atomic E-state index is 0.523. The van der Waals surface area contributed by atoms with Crippen LogP contribution in [0.2, 0.25) is 0 Å². The molecule has 2 aromatic carbocycles. The number of rotatable bonds is 3. The second-order valence-corrected chi connectivity index (χ2v) is 4.40. The van der Waals surface area contributed by atoms with Crippen LogP contribution in [0.4, 0.5) is 0 Å². The maximum Gasteiger partial charge on any atom is 0.233 e. The fourth-order valence-corrected chi connectivity index (χ4v) is 2.05. The number of nitrogens with zero attached hydrogens (tertiary/aromatic N) is 2. The SMILES string of the molecule is COc1ccc(-c2ccc(-c3ccccc3)cc2)nn1. The van der Waals surface area contributed by atoms with Crippen LogP contribution in [0.25, 0.3) is 22.4 Å². The lowest BCUT2D eigenvalue weighted by atomic mass is 10.0. The number of benzene rings is 2. The molecule has 3 heteroatoms. The summed E-state index contributed by atoms with van der Waals surface area (Å²) in [7, 11) is 1.58. The van der Waals surface area contributed by atoms with E-state index < -0.39 is 0 Å². The molecule has 0 spiro atoms. The van der Waals surface area contributed by atoms with Crippen molar-refractivity contribution in [2.75, 3.05) is 7.11 Å². The molecule has 0 amide bonds. The molecule has 0 atom stereocenters. The highest BCUT2D eigenvalue weighted by atomic mass is 16.5. The van der Waals surface area contributed by atoms with Crippen LogP contribution in [0.1, 0.15) is 0 Å². The summed E-state index contributed by atoms with van der Waals surface area (Å²) in [4.78, 5) is 0. The zero-order valence-electron chi connectivity index (χ0n) is 11.2. The molecule has 1 heterocycles. The topological polar surface area (TPSA) is 35.0 Å². The van der Waals surface area contributed by atoms with E-state index >= 15 is 0 Å². The highest BCUT2D eigenvalue weighted by molar-refractivity contribution is 5.68. The van der Waals surface area contributed by atoms with Gasteiger partial charge >= 0.3 is 0 Å². The summed E-state index contributed by atoms with van der Waals surface area (Å²) in [6, 6.07) is 22.3. The first-order chi connectivity index (χ1) is 9.86. The number of hydrogen-bond acceptors (Lipinski definition) is 3. The van der Waals surface area contributed by atoms with Crippen LogP contribution in [0, 0.1) is 0 Å². The third kappa shape index (κ3) is 2.52. The standard InChI is InChI=1S/C17H14N2O/c1-20-17-12-11-16(18-19-17)15-9-7-14(8-10-15)13-5-3-2-4-6-13/h2-12H,1H3. The molecule has 0 unspecified atom stereocenters. The van der Waals surface area contributed by atoms with Gasteiger partial charge in [0, 0.05) is 11.6 Å². The molecule has 0 saturated heterocycles. The first-order valence-corrected chi connectivity index (χ1v) is 6.40. The van der Waals surface area contributed by atoms with Gasteiger partial charge in [0.05, 0.1) is 12.8 Å². The zero-order chi connectivity index (χ0) is 13.8. The lowest BCUT2D eigenvalue weighted by Crippen LogP contribution is -1.91. The van der Waals surface area contributed by atoms with E-state index in [0.717, 1.165) is 11.3 Å². The minimum absolute atomic E-state index is 0.523. The van der Waals surface area contributed by atoms with Gasteiger partial charge < -0.3 is 4.74 Å². The second-order valence-electron chi connectivity index (χ2n) is 4.40. The molecule has 3 rings (SSSR count). The molecular weight excluding hydrogens is 248 g/mol. The summed E-state index contributed by atoms with van der Waals surface area (Å²) in [5.74, 6) is 0.523. The molecule has 0 N–H and O–H groups in total. The lowest BCUT2D eigenvalue weighted by Gasteiger charge is -2.04. The molecule has 0 saturated carbocycles. The second kappa shape index (κ2) is 5.53. The molecule has 3 nitrogen and oxygen atoms in total. The van der Waals surface area contributed by atoms with Crippen molar-refractivity contribution in [3.8, 4) is 28.3 Å². The minimum Gasteiger partial charge on any atom is -0.480 e. The van der Waals surface area contributed by atoms with Crippen molar-refractivity contribution in [2.24, 2.45) is 0 Å². The van der Waals surface area contributed by atoms with Gasteiger partial charge in [-0.05, 0) is 17.2 Å². The number of hydrogen-bond donors (Lipinski definition) is 0. The number of ether oxygens (including phenoxy) is 1. The molecule has 0 radical (unpaired) electrons. The first-order valence-electron chi connectivity index (χ1n) is 6.40. The normalized spacial score (nSPS) is 10.2. The molecule has 0 fully saturated rings. The van der Waals surface area contributed by atoms with Crippen LogP contribution in [-0.2, 0) is 0 Å². The Morgan fingerprint density at radius 2 is 1.30 bits per heavy atom. The third-order valence-electron chi connectivity index (χ3n) is 3.14. The van der Waals surface area contributed by atoms with Crippen molar-refractivity contribution < 1.29 is 4.74 Å². The summed E-state index contributed by atoms with van der Waals surface area (Å²) < 4.78 is 5.01. The Morgan fingerprint density at radius 3 is 1.90 bits per heavy atom. The van der Waals surface area contributed by atoms with Crippen LogP contribution in [0.3, 0.4) is 0 Å². The molecule has 3 aromatic rings. The van der Waals surface area contributed by atoms with Gasteiger partial charge in [-0.2, -0.15) is 0 Å². The van der Waals surface area contributed by atoms with Gasteiger partial charge in [-0.15, -0.1) is 10.2 Å². The Bertz CT molecular complexity index is 676. The van der Waals surface area contributed by atoms with Crippen molar-refractivity contribution >= 4 is 0 Å². The lowest BCUT2D eigenvalue weighted by molar-refractivity contribution is 0.392. The van der Waals surface area contributed by atoms with Crippen molar-refractivity contribution in [2.45, 2.75) is 0 Å². The number of aromatic nitrogens is 2. The van der Waals surface area contributed by atoms with Gasteiger partial charge in [-0.25, -0.2) is 0 Å². The maximum absolute atomic E-state index is 5.01. The zero-order valence-corrected chi connectivity index (χ0v) is 11.2. The van der Waals surface area contributed by atoms with E-state index in [2.05, 4.69) is 46.6 Å². The summed E-state index contributed by atoms with van der Waals surface area (Å²) >= 11 is 0. The Kier molecular flexibility index (Phi) is 3.42. The molecule has 0 bridgehead atoms. The van der Waals surface area contributed by atoms with Crippen LogP contribution >= 0.6 is 0 Å². The Labute approximate surface area is 117 Å². The number of methoxy groups -OCH3 is 1. The Hall–Kier alpha value is -2.68. The molecular formula is C17H14N2O. The molecule has 98 valence electrons. The molecule has 20 heavy (non-hydrogen) atoms. The first kappa shape index (κ1) is 12.4. The van der Waals surface area contributed by atoms with Gasteiger partial charge in [-0.1, -0.05) is 54.6 Å². The van der Waals surface area contributed by atoms with E-state index in [9.17, 15) is 0 Å². The van der Waals surface area contributed by atoms with E-state index in [-0.39, 0.29) is 0 Å². The molecule has 1 aromatic heterocycles. The Balaban J connectivity index is 1.89. The van der Waals surface area contributed by atoms with Gasteiger partial charge in [0.2, 0.25) is 5.88 Å². The Morgan fingerprint density at radius 1 is 0.650 bits per heavy atom. The van der Waals surface area contributed by atoms with Crippen LogP contribution in [0.5, 0.6) is 5.88 Å². The smallest absolute Gasteiger partial charge is 0.233 e. The largest absolute Gasteiger partial charge is 0.480 e. The van der Waals surface area contributed by atoms with E-state index in [1.165, 1.54) is 11.1 Å². The van der Waals surface area contributed by atoms with E-state index in [0.29, 0.717) is 5.88 Å². The van der Waals surface area contributed by atoms with Crippen molar-refractivity contribution in [1.82, 2.24) is 10.2 Å². The van der Waals surface area contributed by atoms with Crippen molar-refractivity contribution in [3.63, 3.8) is 0 Å². The maximum atomic E-state index is 5.01. The third-order valence-corrected chi connectivity index (χ3v) is 3.14. The average molecular weight is 262 g/mol. The van der Waals surface area contributed by atoms with Crippen LogP contribution < -0.4 is 4.74 Å². The van der Waals surface area contributed by atoms with Gasteiger partial charge in [0.25, 0.3) is 0 Å². The average Bonchev–Trinajstić information content (AvgIpc) is 2.56. The van der Waals surface area contributed by atoms with Gasteiger partial charge in [-0.3, -0.25) is 0 Å². The fraction of sp³-hybridized carbons (Fsp3) is 0.0588. The predicted octanol–water partition coefficient (Wildman–Crippen LogP) is 3.82. The quantitative estimate of drug-likeness (QED) is 0.719. The van der Waals surface area contributed by atoms with E-state index in [4.69, 9.17) is 4.74 Å². The summed E-state index contributed by atoms with van der Waals surface area (Å²) in [5, 5.41) is 8.13. The molecule has 0 aliphatic rings. The molecule has 0 aliphatic heterocycles. The van der Waals surface area contributed by atoms with Crippen molar-refractivity contribution in [1.29, 1.82) is 0 Å². The van der Waals surface area contributed by atoms with Crippen LogP contribution in [0.15, 0.2) is 66.7 Å². The monoisotopic (exact) mass is 262 g/mol. The predicted molar refractivity (Wildman–Crippen MR) is 79.5 cm³/mol. The van der Waals surface area contributed by atoms with E-state index in [1.54, 1.807) is 7.11 Å². The van der Waals surface area contributed by atoms with Crippen molar-refractivity contribution in [3.05, 3.63) is 66.7 Å². The fourth-order valence-electron chi connectivity index (χ4n) is 2.05. The van der Waals surface area contributed by atoms with E-state index in [1.807, 2.05) is 30.3 Å². The summed E-state index contributed by atoms with van der Waals surface area (Å²) in [6.07, 6.45) is 0. The van der Waals surface area contributed by atoms with Crippen LogP contribution in [-0.4, -0.2) is 17.3 Å². The highest BCUT2D eigenvalue weighted by Crippen LogP contribution is 2.23. The van der Waals surface area contributed by atoms with Gasteiger partial charge in [0.15, 0.2) is 0 Å². The highest BCUT2D eigenvalue weighted by Gasteiger charge is 2.02. The molecule has 0 aliphatic carbocycles. The van der Waals surface area contributed by atoms with Gasteiger partial charge in [0.1, 0.15) is 0 Å².